The molecule has 0 spiro atoms. The first kappa shape index (κ1) is 16.4. The van der Waals surface area contributed by atoms with Crippen LogP contribution < -0.4 is 10.5 Å². The lowest BCUT2D eigenvalue weighted by Gasteiger charge is -2.32. The maximum Gasteiger partial charge on any atom is 0.242 e. The minimum atomic E-state index is -3.46. The first-order valence-electron chi connectivity index (χ1n) is 6.84. The molecule has 1 saturated carbocycles. The van der Waals surface area contributed by atoms with Gasteiger partial charge in [-0.3, -0.25) is 0 Å². The summed E-state index contributed by atoms with van der Waals surface area (Å²) in [5, 5.41) is 0. The number of hydrogen-bond donors (Lipinski definition) is 2. The molecule has 0 aliphatic heterocycles. The van der Waals surface area contributed by atoms with Gasteiger partial charge in [0, 0.05) is 17.5 Å². The van der Waals surface area contributed by atoms with Gasteiger partial charge in [-0.05, 0) is 53.1 Å². The monoisotopic (exact) mass is 380 g/mol. The van der Waals surface area contributed by atoms with Crippen LogP contribution in [0, 0.1) is 11.8 Å². The molecule has 2 rings (SSSR count). The quantitative estimate of drug-likeness (QED) is 0.842. The third kappa shape index (κ3) is 3.62. The molecule has 0 amide bonds. The zero-order valence-corrected chi connectivity index (χ0v) is 14.9. The summed E-state index contributed by atoms with van der Waals surface area (Å²) >= 11 is 4.70. The molecule has 4 nitrogen and oxygen atoms in total. The Morgan fingerprint density at radius 3 is 2.65 bits per heavy atom. The topological polar surface area (TPSA) is 72.2 Å². The average molecular weight is 381 g/mol. The third-order valence-electron chi connectivity index (χ3n) is 4.12. The lowest BCUT2D eigenvalue weighted by Crippen LogP contribution is -2.39. The Kier molecular flexibility index (Phi) is 5.29. The molecule has 0 aromatic carbocycles. The van der Waals surface area contributed by atoms with Gasteiger partial charge in [0.25, 0.3) is 0 Å². The van der Waals surface area contributed by atoms with Gasteiger partial charge in [-0.15, -0.1) is 11.3 Å². The summed E-state index contributed by atoms with van der Waals surface area (Å²) < 4.78 is 28.4. The van der Waals surface area contributed by atoms with E-state index in [9.17, 15) is 8.42 Å². The van der Waals surface area contributed by atoms with Crippen molar-refractivity contribution >= 4 is 37.3 Å². The van der Waals surface area contributed by atoms with Crippen molar-refractivity contribution in [3.8, 4) is 0 Å². The third-order valence-corrected chi connectivity index (χ3v) is 7.91. The van der Waals surface area contributed by atoms with E-state index >= 15 is 0 Å². The summed E-state index contributed by atoms with van der Waals surface area (Å²) in [6, 6.07) is 1.70. The first-order valence-corrected chi connectivity index (χ1v) is 9.93. The summed E-state index contributed by atoms with van der Waals surface area (Å²) in [7, 11) is -3.46. The van der Waals surface area contributed by atoms with Crippen molar-refractivity contribution in [2.75, 3.05) is 0 Å². The SMILES string of the molecule is CC1CCC(NS(=O)(=O)c2cc(CN)sc2Br)CC1C. The van der Waals surface area contributed by atoms with E-state index in [1.54, 1.807) is 6.07 Å². The van der Waals surface area contributed by atoms with E-state index < -0.39 is 10.0 Å². The summed E-state index contributed by atoms with van der Waals surface area (Å²) in [6.45, 7) is 4.79. The molecular weight excluding hydrogens is 360 g/mol. The Hall–Kier alpha value is 0.0500. The van der Waals surface area contributed by atoms with E-state index in [-0.39, 0.29) is 6.04 Å². The van der Waals surface area contributed by atoms with Gasteiger partial charge in [0.1, 0.15) is 4.90 Å². The number of thiophene rings is 1. The van der Waals surface area contributed by atoms with E-state index in [4.69, 9.17) is 5.73 Å². The summed E-state index contributed by atoms with van der Waals surface area (Å²) in [6.07, 6.45) is 2.90. The minimum Gasteiger partial charge on any atom is -0.326 e. The molecule has 1 aliphatic carbocycles. The molecule has 1 heterocycles. The Balaban J connectivity index is 2.13. The molecule has 20 heavy (non-hydrogen) atoms. The van der Waals surface area contributed by atoms with E-state index in [0.717, 1.165) is 24.1 Å². The Labute approximate surface area is 133 Å². The first-order chi connectivity index (χ1) is 9.33. The molecule has 0 bridgehead atoms. The molecule has 0 radical (unpaired) electrons. The van der Waals surface area contributed by atoms with Crippen LogP contribution in [0.25, 0.3) is 0 Å². The minimum absolute atomic E-state index is 0.0410. The highest BCUT2D eigenvalue weighted by atomic mass is 79.9. The van der Waals surface area contributed by atoms with Gasteiger partial charge in [0.15, 0.2) is 0 Å². The second-order valence-corrected chi connectivity index (χ2v) is 9.78. The molecular formula is C13H21BrN2O2S2. The molecule has 3 atom stereocenters. The average Bonchev–Trinajstić information content (AvgIpc) is 2.76. The summed E-state index contributed by atoms with van der Waals surface area (Å²) in [4.78, 5) is 1.18. The maximum atomic E-state index is 12.5. The molecule has 1 aliphatic rings. The van der Waals surface area contributed by atoms with Crippen LogP contribution in [0.2, 0.25) is 0 Å². The standard InChI is InChI=1S/C13H21BrN2O2S2/c1-8-3-4-10(5-9(8)2)16-20(17,18)12-6-11(7-15)19-13(12)14/h6,8-10,16H,3-5,7,15H2,1-2H3. The zero-order chi connectivity index (χ0) is 14.9. The zero-order valence-electron chi connectivity index (χ0n) is 11.7. The number of sulfonamides is 1. The molecule has 1 fully saturated rings. The van der Waals surface area contributed by atoms with Gasteiger partial charge in [-0.1, -0.05) is 13.8 Å². The molecule has 114 valence electrons. The summed E-state index contributed by atoms with van der Waals surface area (Å²) in [5.41, 5.74) is 5.57. The molecule has 0 saturated heterocycles. The van der Waals surface area contributed by atoms with Crippen LogP contribution in [0.15, 0.2) is 14.7 Å². The van der Waals surface area contributed by atoms with Gasteiger partial charge >= 0.3 is 0 Å². The lowest BCUT2D eigenvalue weighted by molar-refractivity contribution is 0.242. The fourth-order valence-electron chi connectivity index (χ4n) is 2.62. The van der Waals surface area contributed by atoms with Crippen molar-refractivity contribution in [1.29, 1.82) is 0 Å². The van der Waals surface area contributed by atoms with Gasteiger partial charge in [0.05, 0.1) is 3.79 Å². The molecule has 3 unspecified atom stereocenters. The Bertz CT molecular complexity index is 571. The lowest BCUT2D eigenvalue weighted by atomic mass is 9.79. The van der Waals surface area contributed by atoms with Crippen LogP contribution in [0.5, 0.6) is 0 Å². The van der Waals surface area contributed by atoms with Gasteiger partial charge in [-0.2, -0.15) is 0 Å². The van der Waals surface area contributed by atoms with Gasteiger partial charge in [-0.25, -0.2) is 13.1 Å². The van der Waals surface area contributed by atoms with Crippen LogP contribution in [-0.2, 0) is 16.6 Å². The van der Waals surface area contributed by atoms with E-state index in [0.29, 0.717) is 27.1 Å². The van der Waals surface area contributed by atoms with Gasteiger partial charge < -0.3 is 5.73 Å². The highest BCUT2D eigenvalue weighted by molar-refractivity contribution is 9.11. The van der Waals surface area contributed by atoms with Crippen molar-refractivity contribution in [3.05, 3.63) is 14.7 Å². The van der Waals surface area contributed by atoms with E-state index in [1.807, 2.05) is 0 Å². The Morgan fingerprint density at radius 2 is 2.10 bits per heavy atom. The van der Waals surface area contributed by atoms with Crippen LogP contribution >= 0.6 is 27.3 Å². The fourth-order valence-corrected chi connectivity index (χ4v) is 6.46. The highest BCUT2D eigenvalue weighted by Crippen LogP contribution is 2.33. The molecule has 3 N–H and O–H groups in total. The summed E-state index contributed by atoms with van der Waals surface area (Å²) in [5.74, 6) is 1.23. The molecule has 7 heteroatoms. The van der Waals surface area contributed by atoms with Crippen LogP contribution in [0.3, 0.4) is 0 Å². The second-order valence-electron chi connectivity index (χ2n) is 5.64. The maximum absolute atomic E-state index is 12.5. The normalized spacial score (nSPS) is 27.7. The number of nitrogens with two attached hydrogens (primary N) is 1. The Morgan fingerprint density at radius 1 is 1.40 bits per heavy atom. The molecule has 1 aromatic heterocycles. The predicted molar refractivity (Wildman–Crippen MR) is 86.2 cm³/mol. The van der Waals surface area contributed by atoms with Crippen LogP contribution in [0.4, 0.5) is 0 Å². The number of rotatable bonds is 4. The van der Waals surface area contributed by atoms with Crippen molar-refractivity contribution in [1.82, 2.24) is 4.72 Å². The highest BCUT2D eigenvalue weighted by Gasteiger charge is 2.29. The van der Waals surface area contributed by atoms with Crippen molar-refractivity contribution in [3.63, 3.8) is 0 Å². The van der Waals surface area contributed by atoms with Crippen molar-refractivity contribution in [2.24, 2.45) is 17.6 Å². The van der Waals surface area contributed by atoms with E-state index in [2.05, 4.69) is 34.5 Å². The number of halogens is 1. The largest absolute Gasteiger partial charge is 0.326 e. The second kappa shape index (κ2) is 6.44. The van der Waals surface area contributed by atoms with Crippen LogP contribution in [0.1, 0.15) is 38.0 Å². The fraction of sp³-hybridized carbons (Fsp3) is 0.692. The van der Waals surface area contributed by atoms with E-state index in [1.165, 1.54) is 11.3 Å². The van der Waals surface area contributed by atoms with Crippen molar-refractivity contribution < 1.29 is 8.42 Å². The predicted octanol–water partition coefficient (Wildman–Crippen LogP) is 3.07. The number of nitrogens with one attached hydrogen (secondary N) is 1. The number of hydrogen-bond acceptors (Lipinski definition) is 4. The van der Waals surface area contributed by atoms with Crippen LogP contribution in [-0.4, -0.2) is 14.5 Å². The van der Waals surface area contributed by atoms with Gasteiger partial charge in [0.2, 0.25) is 10.0 Å². The van der Waals surface area contributed by atoms with Crippen molar-refractivity contribution in [2.45, 2.75) is 50.6 Å². The molecule has 1 aromatic rings. The smallest absolute Gasteiger partial charge is 0.242 e.